The first-order valence-corrected chi connectivity index (χ1v) is 6.05. The molecule has 0 heterocycles. The van der Waals surface area contributed by atoms with Gasteiger partial charge in [-0.15, -0.1) is 0 Å². The SMILES string of the molecule is CC(C)C(=O)O.Fc1ccccc1-c1ccccc1. The standard InChI is InChI=1S/C12H9F.C4H8O2/c13-12-9-5-4-8-11(12)10-6-2-1-3-7-10;1-3(2)4(5)6/h1-9H;3H,1-2H3,(H,5,6). The van der Waals surface area contributed by atoms with Crippen molar-refractivity contribution < 1.29 is 14.3 Å². The lowest BCUT2D eigenvalue weighted by molar-refractivity contribution is -0.140. The van der Waals surface area contributed by atoms with Gasteiger partial charge in [-0.05, 0) is 11.6 Å². The van der Waals surface area contributed by atoms with Gasteiger partial charge in [0.25, 0.3) is 0 Å². The van der Waals surface area contributed by atoms with E-state index in [9.17, 15) is 9.18 Å². The average Bonchev–Trinajstić information content (AvgIpc) is 2.41. The summed E-state index contributed by atoms with van der Waals surface area (Å²) in [6, 6.07) is 16.3. The predicted octanol–water partition coefficient (Wildman–Crippen LogP) is 4.22. The summed E-state index contributed by atoms with van der Waals surface area (Å²) in [6.45, 7) is 3.28. The third-order valence-corrected chi connectivity index (χ3v) is 2.45. The molecule has 0 unspecified atom stereocenters. The number of aliphatic carboxylic acids is 1. The van der Waals surface area contributed by atoms with Gasteiger partial charge in [0, 0.05) is 5.56 Å². The van der Waals surface area contributed by atoms with Crippen LogP contribution in [0.5, 0.6) is 0 Å². The first-order valence-electron chi connectivity index (χ1n) is 6.05. The van der Waals surface area contributed by atoms with Gasteiger partial charge in [0.2, 0.25) is 0 Å². The first kappa shape index (κ1) is 14.9. The molecule has 100 valence electrons. The van der Waals surface area contributed by atoms with Crippen molar-refractivity contribution in [2.75, 3.05) is 0 Å². The number of hydrogen-bond donors (Lipinski definition) is 1. The minimum Gasteiger partial charge on any atom is -0.481 e. The molecule has 0 bridgehead atoms. The maximum absolute atomic E-state index is 13.3. The zero-order valence-corrected chi connectivity index (χ0v) is 11.0. The summed E-state index contributed by atoms with van der Waals surface area (Å²) in [5, 5.41) is 7.99. The van der Waals surface area contributed by atoms with Crippen LogP contribution in [0.15, 0.2) is 54.6 Å². The van der Waals surface area contributed by atoms with E-state index in [1.165, 1.54) is 6.07 Å². The molecule has 2 nitrogen and oxygen atoms in total. The highest BCUT2D eigenvalue weighted by Gasteiger charge is 2.01. The molecule has 1 N–H and O–H groups in total. The van der Waals surface area contributed by atoms with E-state index in [1.807, 2.05) is 36.4 Å². The van der Waals surface area contributed by atoms with E-state index in [2.05, 4.69) is 0 Å². The lowest BCUT2D eigenvalue weighted by atomic mass is 10.1. The molecule has 0 spiro atoms. The molecule has 0 aliphatic carbocycles. The van der Waals surface area contributed by atoms with Gasteiger partial charge in [-0.1, -0.05) is 62.4 Å². The van der Waals surface area contributed by atoms with Crippen molar-refractivity contribution in [3.05, 3.63) is 60.4 Å². The normalized spacial score (nSPS) is 9.68. The summed E-state index contributed by atoms with van der Waals surface area (Å²) in [7, 11) is 0. The molecule has 2 aromatic carbocycles. The molecule has 0 saturated carbocycles. The van der Waals surface area contributed by atoms with Crippen molar-refractivity contribution in [3.8, 4) is 11.1 Å². The number of rotatable bonds is 2. The van der Waals surface area contributed by atoms with Gasteiger partial charge in [-0.2, -0.15) is 0 Å². The molecule has 0 aliphatic heterocycles. The lowest BCUT2D eigenvalue weighted by Gasteiger charge is -2.01. The van der Waals surface area contributed by atoms with Crippen molar-refractivity contribution in [3.63, 3.8) is 0 Å². The lowest BCUT2D eigenvalue weighted by Crippen LogP contribution is -2.03. The van der Waals surface area contributed by atoms with Crippen LogP contribution in [0.2, 0.25) is 0 Å². The number of carboxylic acid groups (broad SMARTS) is 1. The van der Waals surface area contributed by atoms with Gasteiger partial charge in [0.05, 0.1) is 5.92 Å². The zero-order chi connectivity index (χ0) is 14.3. The first-order chi connectivity index (χ1) is 9.02. The van der Waals surface area contributed by atoms with Crippen LogP contribution in [-0.2, 0) is 4.79 Å². The second-order valence-electron chi connectivity index (χ2n) is 4.34. The second-order valence-corrected chi connectivity index (χ2v) is 4.34. The highest BCUT2D eigenvalue weighted by Crippen LogP contribution is 2.21. The molecule has 0 atom stereocenters. The van der Waals surface area contributed by atoms with Crippen LogP contribution in [0.25, 0.3) is 11.1 Å². The summed E-state index contributed by atoms with van der Waals surface area (Å²) in [6.07, 6.45) is 0. The number of halogens is 1. The summed E-state index contributed by atoms with van der Waals surface area (Å²) in [5.41, 5.74) is 1.57. The molecule has 3 heteroatoms. The molecular formula is C16H17FO2. The Morgan fingerprint density at radius 1 is 1.00 bits per heavy atom. The fraction of sp³-hybridized carbons (Fsp3) is 0.188. The number of hydrogen-bond acceptors (Lipinski definition) is 1. The van der Waals surface area contributed by atoms with E-state index in [4.69, 9.17) is 5.11 Å². The minimum atomic E-state index is -0.741. The monoisotopic (exact) mass is 260 g/mol. The molecule has 0 radical (unpaired) electrons. The Kier molecular flexibility index (Phi) is 5.73. The summed E-state index contributed by atoms with van der Waals surface area (Å²) in [4.78, 5) is 9.70. The van der Waals surface area contributed by atoms with E-state index >= 15 is 0 Å². The Labute approximate surface area is 112 Å². The van der Waals surface area contributed by atoms with E-state index < -0.39 is 5.97 Å². The third kappa shape index (κ3) is 4.92. The minimum absolute atomic E-state index is 0.172. The van der Waals surface area contributed by atoms with Crippen molar-refractivity contribution in [2.45, 2.75) is 13.8 Å². The highest BCUT2D eigenvalue weighted by atomic mass is 19.1. The van der Waals surface area contributed by atoms with E-state index in [0.29, 0.717) is 5.56 Å². The zero-order valence-electron chi connectivity index (χ0n) is 11.0. The summed E-state index contributed by atoms with van der Waals surface area (Å²) >= 11 is 0. The Morgan fingerprint density at radius 2 is 1.47 bits per heavy atom. The fourth-order valence-corrected chi connectivity index (χ4v) is 1.31. The number of benzene rings is 2. The van der Waals surface area contributed by atoms with Gasteiger partial charge < -0.3 is 5.11 Å². The molecule has 0 saturated heterocycles. The summed E-state index contributed by atoms with van der Waals surface area (Å²) in [5.74, 6) is -1.14. The van der Waals surface area contributed by atoms with Crippen molar-refractivity contribution >= 4 is 5.97 Å². The average molecular weight is 260 g/mol. The molecule has 0 fully saturated rings. The number of carboxylic acids is 1. The van der Waals surface area contributed by atoms with Crippen LogP contribution in [0.1, 0.15) is 13.8 Å². The smallest absolute Gasteiger partial charge is 0.305 e. The van der Waals surface area contributed by atoms with Crippen LogP contribution < -0.4 is 0 Å². The second kappa shape index (κ2) is 7.31. The van der Waals surface area contributed by atoms with E-state index in [0.717, 1.165) is 5.56 Å². The molecule has 19 heavy (non-hydrogen) atoms. The van der Waals surface area contributed by atoms with Gasteiger partial charge in [0.15, 0.2) is 0 Å². The molecular weight excluding hydrogens is 243 g/mol. The van der Waals surface area contributed by atoms with Crippen molar-refractivity contribution in [1.29, 1.82) is 0 Å². The topological polar surface area (TPSA) is 37.3 Å². The molecule has 0 amide bonds. The van der Waals surface area contributed by atoms with Crippen LogP contribution in [0, 0.1) is 11.7 Å². The van der Waals surface area contributed by atoms with E-state index in [-0.39, 0.29) is 11.7 Å². The Morgan fingerprint density at radius 3 is 1.95 bits per heavy atom. The maximum atomic E-state index is 13.3. The maximum Gasteiger partial charge on any atom is 0.305 e. The quantitative estimate of drug-likeness (QED) is 0.877. The highest BCUT2D eigenvalue weighted by molar-refractivity contribution is 5.68. The predicted molar refractivity (Wildman–Crippen MR) is 74.3 cm³/mol. The molecule has 0 aliphatic rings. The van der Waals surface area contributed by atoms with E-state index in [1.54, 1.807) is 26.0 Å². The van der Waals surface area contributed by atoms with Gasteiger partial charge in [-0.3, -0.25) is 4.79 Å². The van der Waals surface area contributed by atoms with Gasteiger partial charge in [-0.25, -0.2) is 4.39 Å². The molecule has 0 aromatic heterocycles. The third-order valence-electron chi connectivity index (χ3n) is 2.45. The molecule has 2 aromatic rings. The largest absolute Gasteiger partial charge is 0.481 e. The Hall–Kier alpha value is -2.16. The number of carbonyl (C=O) groups is 1. The van der Waals surface area contributed by atoms with Crippen LogP contribution >= 0.6 is 0 Å². The van der Waals surface area contributed by atoms with Crippen molar-refractivity contribution in [1.82, 2.24) is 0 Å². The fourth-order valence-electron chi connectivity index (χ4n) is 1.31. The Balaban J connectivity index is 0.000000258. The Bertz CT molecular complexity index is 521. The van der Waals surface area contributed by atoms with Gasteiger partial charge >= 0.3 is 5.97 Å². The van der Waals surface area contributed by atoms with Crippen molar-refractivity contribution in [2.24, 2.45) is 5.92 Å². The van der Waals surface area contributed by atoms with Gasteiger partial charge in [0.1, 0.15) is 5.82 Å². The summed E-state index contributed by atoms with van der Waals surface area (Å²) < 4.78 is 13.3. The van der Waals surface area contributed by atoms with Crippen LogP contribution in [-0.4, -0.2) is 11.1 Å². The van der Waals surface area contributed by atoms with Crippen LogP contribution in [0.4, 0.5) is 4.39 Å². The van der Waals surface area contributed by atoms with Crippen LogP contribution in [0.3, 0.4) is 0 Å². The molecule has 2 rings (SSSR count).